The zero-order chi connectivity index (χ0) is 8.27. The Balaban J connectivity index is 2.24. The van der Waals surface area contributed by atoms with E-state index in [2.05, 4.69) is 0 Å². The standard InChI is InChI=1S/C9H17NO/c1-2-8(6-10)9(11)5-7-3-4-7/h7-8H,2-6,10H2,1H3. The van der Waals surface area contributed by atoms with Crippen LogP contribution in [0.3, 0.4) is 0 Å². The fourth-order valence-corrected chi connectivity index (χ4v) is 1.30. The van der Waals surface area contributed by atoms with Crippen LogP contribution in [0.1, 0.15) is 32.6 Å². The number of nitrogens with two attached hydrogens (primary N) is 1. The van der Waals surface area contributed by atoms with Crippen LogP contribution in [0.2, 0.25) is 0 Å². The molecule has 11 heavy (non-hydrogen) atoms. The van der Waals surface area contributed by atoms with E-state index < -0.39 is 0 Å². The second kappa shape index (κ2) is 3.86. The molecule has 0 amide bonds. The first-order valence-corrected chi connectivity index (χ1v) is 4.50. The highest BCUT2D eigenvalue weighted by Gasteiger charge is 2.26. The normalized spacial score (nSPS) is 19.8. The van der Waals surface area contributed by atoms with Crippen molar-refractivity contribution in [3.8, 4) is 0 Å². The third-order valence-electron chi connectivity index (χ3n) is 2.42. The van der Waals surface area contributed by atoms with Crippen molar-refractivity contribution in [3.63, 3.8) is 0 Å². The summed E-state index contributed by atoms with van der Waals surface area (Å²) >= 11 is 0. The molecular formula is C9H17NO. The number of carbonyl (C=O) groups is 1. The van der Waals surface area contributed by atoms with E-state index in [1.807, 2.05) is 6.92 Å². The highest BCUT2D eigenvalue weighted by molar-refractivity contribution is 5.81. The molecule has 1 rings (SSSR count). The van der Waals surface area contributed by atoms with Crippen molar-refractivity contribution in [1.82, 2.24) is 0 Å². The molecule has 2 N–H and O–H groups in total. The van der Waals surface area contributed by atoms with Gasteiger partial charge in [0.05, 0.1) is 0 Å². The van der Waals surface area contributed by atoms with Gasteiger partial charge in [-0.15, -0.1) is 0 Å². The monoisotopic (exact) mass is 155 g/mol. The Kier molecular flexibility index (Phi) is 3.06. The van der Waals surface area contributed by atoms with Gasteiger partial charge in [-0.1, -0.05) is 6.92 Å². The Labute approximate surface area is 68.2 Å². The molecule has 1 fully saturated rings. The van der Waals surface area contributed by atoms with Crippen molar-refractivity contribution in [3.05, 3.63) is 0 Å². The molecule has 0 spiro atoms. The molecule has 1 aliphatic rings. The number of rotatable bonds is 5. The molecule has 0 radical (unpaired) electrons. The molecule has 1 aliphatic carbocycles. The van der Waals surface area contributed by atoms with Crippen molar-refractivity contribution in [1.29, 1.82) is 0 Å². The number of Topliss-reactive ketones (excluding diaryl/α,β-unsaturated/α-hetero) is 1. The average Bonchev–Trinajstić information content (AvgIpc) is 2.74. The minimum atomic E-state index is 0.135. The van der Waals surface area contributed by atoms with Gasteiger partial charge in [-0.05, 0) is 25.2 Å². The van der Waals surface area contributed by atoms with Gasteiger partial charge in [-0.2, -0.15) is 0 Å². The first-order chi connectivity index (χ1) is 5.27. The molecule has 0 aromatic rings. The smallest absolute Gasteiger partial charge is 0.137 e. The van der Waals surface area contributed by atoms with Gasteiger partial charge in [0.2, 0.25) is 0 Å². The molecule has 64 valence electrons. The molecule has 0 aliphatic heterocycles. The van der Waals surface area contributed by atoms with Crippen LogP contribution in [-0.2, 0) is 4.79 Å². The summed E-state index contributed by atoms with van der Waals surface area (Å²) in [5.41, 5.74) is 5.46. The molecule has 2 heteroatoms. The fourth-order valence-electron chi connectivity index (χ4n) is 1.30. The molecule has 2 nitrogen and oxygen atoms in total. The molecule has 0 saturated heterocycles. The van der Waals surface area contributed by atoms with Gasteiger partial charge in [0.1, 0.15) is 5.78 Å². The fraction of sp³-hybridized carbons (Fsp3) is 0.889. The van der Waals surface area contributed by atoms with E-state index in [4.69, 9.17) is 5.73 Å². The van der Waals surface area contributed by atoms with Crippen molar-refractivity contribution in [2.24, 2.45) is 17.6 Å². The maximum absolute atomic E-state index is 11.4. The van der Waals surface area contributed by atoms with Gasteiger partial charge in [0.25, 0.3) is 0 Å². The predicted molar refractivity (Wildman–Crippen MR) is 45.2 cm³/mol. The minimum absolute atomic E-state index is 0.135. The number of ketones is 1. The van der Waals surface area contributed by atoms with Crippen LogP contribution >= 0.6 is 0 Å². The highest BCUT2D eigenvalue weighted by Crippen LogP contribution is 2.33. The Morgan fingerprint density at radius 1 is 1.64 bits per heavy atom. The lowest BCUT2D eigenvalue weighted by Crippen LogP contribution is -2.23. The quantitative estimate of drug-likeness (QED) is 0.651. The van der Waals surface area contributed by atoms with Crippen molar-refractivity contribution in [2.45, 2.75) is 32.6 Å². The van der Waals surface area contributed by atoms with E-state index in [0.29, 0.717) is 18.2 Å². The van der Waals surface area contributed by atoms with Crippen LogP contribution in [0.4, 0.5) is 0 Å². The van der Waals surface area contributed by atoms with E-state index in [1.165, 1.54) is 12.8 Å². The van der Waals surface area contributed by atoms with Gasteiger partial charge in [-0.3, -0.25) is 4.79 Å². The minimum Gasteiger partial charge on any atom is -0.330 e. The van der Waals surface area contributed by atoms with E-state index in [1.54, 1.807) is 0 Å². The Morgan fingerprint density at radius 3 is 2.64 bits per heavy atom. The first kappa shape index (κ1) is 8.72. The summed E-state index contributed by atoms with van der Waals surface area (Å²) in [6, 6.07) is 0. The van der Waals surface area contributed by atoms with Crippen molar-refractivity contribution >= 4 is 5.78 Å². The zero-order valence-electron chi connectivity index (χ0n) is 7.18. The average molecular weight is 155 g/mol. The second-order valence-corrected chi connectivity index (χ2v) is 3.45. The molecule has 0 heterocycles. The molecule has 1 atom stereocenters. The summed E-state index contributed by atoms with van der Waals surface area (Å²) in [7, 11) is 0. The Bertz CT molecular complexity index is 136. The summed E-state index contributed by atoms with van der Waals surface area (Å²) in [5, 5.41) is 0. The third-order valence-corrected chi connectivity index (χ3v) is 2.42. The SMILES string of the molecule is CCC(CN)C(=O)CC1CC1. The highest BCUT2D eigenvalue weighted by atomic mass is 16.1. The molecule has 1 unspecified atom stereocenters. The third kappa shape index (κ3) is 2.62. The first-order valence-electron chi connectivity index (χ1n) is 4.50. The lowest BCUT2D eigenvalue weighted by molar-refractivity contribution is -0.123. The summed E-state index contributed by atoms with van der Waals surface area (Å²) in [6.07, 6.45) is 4.21. The summed E-state index contributed by atoms with van der Waals surface area (Å²) < 4.78 is 0. The zero-order valence-corrected chi connectivity index (χ0v) is 7.18. The number of hydrogen-bond acceptors (Lipinski definition) is 2. The van der Waals surface area contributed by atoms with Gasteiger partial charge < -0.3 is 5.73 Å². The van der Waals surface area contributed by atoms with Gasteiger partial charge in [0.15, 0.2) is 0 Å². The maximum Gasteiger partial charge on any atom is 0.137 e. The van der Waals surface area contributed by atoms with E-state index in [-0.39, 0.29) is 5.92 Å². The Hall–Kier alpha value is -0.370. The van der Waals surface area contributed by atoms with E-state index >= 15 is 0 Å². The summed E-state index contributed by atoms with van der Waals surface area (Å²) in [4.78, 5) is 11.4. The van der Waals surface area contributed by atoms with Crippen LogP contribution < -0.4 is 5.73 Å². The number of hydrogen-bond donors (Lipinski definition) is 1. The molecule has 0 aromatic carbocycles. The van der Waals surface area contributed by atoms with Crippen LogP contribution in [0.15, 0.2) is 0 Å². The summed E-state index contributed by atoms with van der Waals surface area (Å²) in [5.74, 6) is 1.23. The molecular weight excluding hydrogens is 138 g/mol. The largest absolute Gasteiger partial charge is 0.330 e. The second-order valence-electron chi connectivity index (χ2n) is 3.45. The molecule has 0 bridgehead atoms. The number of carbonyl (C=O) groups excluding carboxylic acids is 1. The van der Waals surface area contributed by atoms with Crippen LogP contribution in [0, 0.1) is 11.8 Å². The lowest BCUT2D eigenvalue weighted by Gasteiger charge is -2.09. The van der Waals surface area contributed by atoms with Crippen LogP contribution in [-0.4, -0.2) is 12.3 Å². The van der Waals surface area contributed by atoms with Gasteiger partial charge in [-0.25, -0.2) is 0 Å². The van der Waals surface area contributed by atoms with Gasteiger partial charge in [0, 0.05) is 18.9 Å². The summed E-state index contributed by atoms with van der Waals surface area (Å²) in [6.45, 7) is 2.56. The van der Waals surface area contributed by atoms with E-state index in [9.17, 15) is 4.79 Å². The Morgan fingerprint density at radius 2 is 2.27 bits per heavy atom. The van der Waals surface area contributed by atoms with Gasteiger partial charge >= 0.3 is 0 Å². The van der Waals surface area contributed by atoms with Crippen LogP contribution in [0.5, 0.6) is 0 Å². The predicted octanol–water partition coefficient (Wildman–Crippen LogP) is 1.34. The molecule has 0 aromatic heterocycles. The topological polar surface area (TPSA) is 43.1 Å². The van der Waals surface area contributed by atoms with Crippen molar-refractivity contribution in [2.75, 3.05) is 6.54 Å². The van der Waals surface area contributed by atoms with Crippen LogP contribution in [0.25, 0.3) is 0 Å². The van der Waals surface area contributed by atoms with Crippen molar-refractivity contribution < 1.29 is 4.79 Å². The van der Waals surface area contributed by atoms with E-state index in [0.717, 1.165) is 12.8 Å². The lowest BCUT2D eigenvalue weighted by atomic mass is 9.97. The molecule has 1 saturated carbocycles. The maximum atomic E-state index is 11.4.